The van der Waals surface area contributed by atoms with Gasteiger partial charge in [-0.15, -0.1) is 0 Å². The summed E-state index contributed by atoms with van der Waals surface area (Å²) in [6.45, 7) is 0. The Bertz CT molecular complexity index is 1260. The number of benzene rings is 2. The molecule has 4 rings (SSSR count). The maximum Gasteiger partial charge on any atom is 0.268 e. The Morgan fingerprint density at radius 3 is 2.41 bits per heavy atom. The third-order valence-corrected chi connectivity index (χ3v) is 7.54. The van der Waals surface area contributed by atoms with Gasteiger partial charge in [-0.05, 0) is 49.9 Å². The quantitative estimate of drug-likeness (QED) is 0.334. The van der Waals surface area contributed by atoms with Gasteiger partial charge in [-0.1, -0.05) is 30.3 Å². The average molecular weight is 454 g/mol. The van der Waals surface area contributed by atoms with E-state index in [9.17, 15) is 13.2 Å². The van der Waals surface area contributed by atoms with Crippen LogP contribution in [0.25, 0.3) is 10.9 Å². The minimum absolute atomic E-state index is 0.00673. The Kier molecular flexibility index (Phi) is 6.03. The van der Waals surface area contributed by atoms with Crippen LogP contribution in [0.15, 0.2) is 59.5 Å². The lowest BCUT2D eigenvalue weighted by atomic mass is 9.92. The lowest BCUT2D eigenvalue weighted by Crippen LogP contribution is -2.41. The van der Waals surface area contributed by atoms with Crippen molar-refractivity contribution in [3.8, 4) is 0 Å². The van der Waals surface area contributed by atoms with E-state index in [-0.39, 0.29) is 34.4 Å². The van der Waals surface area contributed by atoms with Crippen molar-refractivity contribution in [1.29, 1.82) is 5.41 Å². The Labute approximate surface area is 187 Å². The summed E-state index contributed by atoms with van der Waals surface area (Å²) in [6, 6.07) is 15.1. The summed E-state index contributed by atoms with van der Waals surface area (Å²) < 4.78 is 27.8. The number of nitrogens with two attached hydrogens (primary N) is 2. The molecule has 0 aliphatic heterocycles. The van der Waals surface area contributed by atoms with Gasteiger partial charge >= 0.3 is 0 Å². The molecule has 0 bridgehead atoms. The van der Waals surface area contributed by atoms with Crippen molar-refractivity contribution in [2.24, 2.45) is 11.5 Å². The van der Waals surface area contributed by atoms with Crippen LogP contribution in [0.2, 0.25) is 0 Å². The zero-order valence-corrected chi connectivity index (χ0v) is 18.4. The summed E-state index contributed by atoms with van der Waals surface area (Å²) in [4.78, 5) is 13.4. The number of nitrogens with one attached hydrogen (secondary N) is 2. The van der Waals surface area contributed by atoms with Gasteiger partial charge in [0, 0.05) is 23.0 Å². The van der Waals surface area contributed by atoms with Crippen molar-refractivity contribution >= 4 is 32.5 Å². The minimum atomic E-state index is -3.72. The second kappa shape index (κ2) is 8.76. The molecule has 8 nitrogen and oxygen atoms in total. The van der Waals surface area contributed by atoms with Gasteiger partial charge in [0.15, 0.2) is 9.84 Å². The molecule has 3 aromatic rings. The van der Waals surface area contributed by atoms with Crippen LogP contribution in [0.4, 0.5) is 0 Å². The maximum absolute atomic E-state index is 13.2. The van der Waals surface area contributed by atoms with Crippen LogP contribution in [-0.2, 0) is 15.7 Å². The minimum Gasteiger partial charge on any atom is -0.384 e. The molecule has 0 radical (unpaired) electrons. The fourth-order valence-electron chi connectivity index (χ4n) is 4.14. The first-order valence-corrected chi connectivity index (χ1v) is 12.2. The molecule has 0 spiro atoms. The second-order valence-corrected chi connectivity index (χ2v) is 10.2. The van der Waals surface area contributed by atoms with Gasteiger partial charge < -0.3 is 21.4 Å². The van der Waals surface area contributed by atoms with E-state index in [0.717, 1.165) is 25.7 Å². The Morgan fingerprint density at radius 2 is 1.75 bits per heavy atom. The van der Waals surface area contributed by atoms with Crippen LogP contribution in [0.3, 0.4) is 0 Å². The molecule has 168 valence electrons. The van der Waals surface area contributed by atoms with Crippen LogP contribution in [0.5, 0.6) is 0 Å². The van der Waals surface area contributed by atoms with Gasteiger partial charge in [0.25, 0.3) is 5.91 Å². The lowest BCUT2D eigenvalue weighted by molar-refractivity contribution is 0.0918. The number of carbonyl (C=O) groups excluding carboxylic acids is 1. The van der Waals surface area contributed by atoms with E-state index < -0.39 is 15.7 Å². The van der Waals surface area contributed by atoms with E-state index in [1.807, 2.05) is 0 Å². The Balaban J connectivity index is 1.74. The number of nitrogen functional groups attached to an aromatic ring is 1. The summed E-state index contributed by atoms with van der Waals surface area (Å²) in [5.74, 6) is -0.857. The van der Waals surface area contributed by atoms with Crippen LogP contribution in [0.1, 0.15) is 41.7 Å². The highest BCUT2D eigenvalue weighted by Crippen LogP contribution is 2.25. The SMILES string of the molecule is N=C(N)c1ccc2cc(C(=O)NC3CCC(N)CC3)n(CS(=O)(=O)c3ccccc3)c2c1. The Morgan fingerprint density at radius 1 is 1.06 bits per heavy atom. The number of amides is 1. The van der Waals surface area contributed by atoms with Crippen molar-refractivity contribution in [1.82, 2.24) is 9.88 Å². The van der Waals surface area contributed by atoms with Crippen molar-refractivity contribution in [3.05, 3.63) is 65.9 Å². The van der Waals surface area contributed by atoms with Crippen molar-refractivity contribution in [2.75, 3.05) is 0 Å². The predicted molar refractivity (Wildman–Crippen MR) is 124 cm³/mol. The largest absolute Gasteiger partial charge is 0.384 e. The number of amidine groups is 1. The lowest BCUT2D eigenvalue weighted by Gasteiger charge is -2.27. The number of nitrogens with zero attached hydrogens (tertiary/aromatic N) is 1. The van der Waals surface area contributed by atoms with Gasteiger partial charge in [-0.3, -0.25) is 10.2 Å². The number of carbonyl (C=O) groups is 1. The third-order valence-electron chi connectivity index (χ3n) is 5.96. The molecule has 9 heteroatoms. The molecule has 0 unspecified atom stereocenters. The highest BCUT2D eigenvalue weighted by molar-refractivity contribution is 7.90. The first-order valence-electron chi connectivity index (χ1n) is 10.6. The predicted octanol–water partition coefficient (Wildman–Crippen LogP) is 2.36. The van der Waals surface area contributed by atoms with E-state index in [1.165, 1.54) is 16.7 Å². The van der Waals surface area contributed by atoms with Crippen LogP contribution < -0.4 is 16.8 Å². The van der Waals surface area contributed by atoms with E-state index in [1.54, 1.807) is 42.5 Å². The molecule has 1 aromatic heterocycles. The van der Waals surface area contributed by atoms with Crippen LogP contribution >= 0.6 is 0 Å². The van der Waals surface area contributed by atoms with E-state index >= 15 is 0 Å². The number of sulfone groups is 1. The van der Waals surface area contributed by atoms with Gasteiger partial charge in [0.1, 0.15) is 17.4 Å². The first kappa shape index (κ1) is 22.0. The van der Waals surface area contributed by atoms with Gasteiger partial charge in [0.05, 0.1) is 10.4 Å². The molecule has 0 saturated heterocycles. The van der Waals surface area contributed by atoms with Crippen molar-refractivity contribution in [3.63, 3.8) is 0 Å². The van der Waals surface area contributed by atoms with Gasteiger partial charge in [-0.25, -0.2) is 8.42 Å². The highest BCUT2D eigenvalue weighted by atomic mass is 32.2. The molecule has 0 atom stereocenters. The Hall–Kier alpha value is -3.17. The topological polar surface area (TPSA) is 144 Å². The van der Waals surface area contributed by atoms with Crippen LogP contribution in [0, 0.1) is 5.41 Å². The molecule has 2 aromatic carbocycles. The fraction of sp³-hybridized carbons (Fsp3) is 0.304. The van der Waals surface area contributed by atoms with Gasteiger partial charge in [-0.2, -0.15) is 0 Å². The molecule has 1 amide bonds. The van der Waals surface area contributed by atoms with Gasteiger partial charge in [0.2, 0.25) is 0 Å². The molecule has 32 heavy (non-hydrogen) atoms. The van der Waals surface area contributed by atoms with Crippen LogP contribution in [-0.4, -0.2) is 36.8 Å². The maximum atomic E-state index is 13.2. The standard InChI is InChI=1S/C23H27N5O3S/c24-17-8-10-18(11-9-17)27-23(29)21-12-15-6-7-16(22(25)26)13-20(15)28(21)14-32(30,31)19-4-2-1-3-5-19/h1-7,12-13,17-18H,8-11,14,24H2,(H3,25,26)(H,27,29). The molecule has 6 N–H and O–H groups in total. The second-order valence-electron chi connectivity index (χ2n) is 8.29. The summed E-state index contributed by atoms with van der Waals surface area (Å²) >= 11 is 0. The summed E-state index contributed by atoms with van der Waals surface area (Å²) in [7, 11) is -3.72. The highest BCUT2D eigenvalue weighted by Gasteiger charge is 2.25. The zero-order valence-electron chi connectivity index (χ0n) is 17.6. The number of fused-ring (bicyclic) bond motifs is 1. The summed E-state index contributed by atoms with van der Waals surface area (Å²) in [6.07, 6.45) is 3.28. The number of hydrogen-bond acceptors (Lipinski definition) is 5. The molecule has 1 saturated carbocycles. The van der Waals surface area contributed by atoms with E-state index in [4.69, 9.17) is 16.9 Å². The molecule has 1 fully saturated rings. The molecule has 1 heterocycles. The summed E-state index contributed by atoms with van der Waals surface area (Å²) in [5.41, 5.74) is 12.9. The molecule has 1 aliphatic rings. The smallest absolute Gasteiger partial charge is 0.268 e. The van der Waals surface area contributed by atoms with E-state index in [2.05, 4.69) is 5.32 Å². The van der Waals surface area contributed by atoms with E-state index in [0.29, 0.717) is 16.5 Å². The first-order chi connectivity index (χ1) is 15.2. The van der Waals surface area contributed by atoms with Crippen molar-refractivity contribution < 1.29 is 13.2 Å². The third kappa shape index (κ3) is 4.53. The summed E-state index contributed by atoms with van der Waals surface area (Å²) in [5, 5.41) is 11.5. The van der Waals surface area contributed by atoms with Crippen molar-refractivity contribution in [2.45, 2.75) is 48.5 Å². The number of aromatic nitrogens is 1. The number of hydrogen-bond donors (Lipinski definition) is 4. The average Bonchev–Trinajstić information content (AvgIpc) is 3.13. The number of rotatable bonds is 6. The zero-order chi connectivity index (χ0) is 22.9. The molecular formula is C23H27N5O3S. The normalized spacial score (nSPS) is 19.0. The molecular weight excluding hydrogens is 426 g/mol. The molecule has 1 aliphatic carbocycles. The monoisotopic (exact) mass is 453 g/mol. The fourth-order valence-corrected chi connectivity index (χ4v) is 5.48.